The van der Waals surface area contributed by atoms with E-state index in [1.165, 1.54) is 11.8 Å². The van der Waals surface area contributed by atoms with Gasteiger partial charge in [-0.1, -0.05) is 11.6 Å². The van der Waals surface area contributed by atoms with Gasteiger partial charge in [-0.05, 0) is 26.0 Å². The number of fused-ring (bicyclic) bond motifs is 1. The highest BCUT2D eigenvalue weighted by Crippen LogP contribution is 2.32. The maximum absolute atomic E-state index is 11.4. The van der Waals surface area contributed by atoms with Crippen LogP contribution >= 0.6 is 0 Å². The number of imidazole rings is 1. The number of hydrogen-bond donors (Lipinski definition) is 0. The molecule has 22 heavy (non-hydrogen) atoms. The molecule has 0 spiro atoms. The first-order chi connectivity index (χ1) is 10.3. The highest BCUT2D eigenvalue weighted by molar-refractivity contribution is 7.90. The van der Waals surface area contributed by atoms with Gasteiger partial charge in [-0.3, -0.25) is 0 Å². The first kappa shape index (κ1) is 14.8. The molecule has 0 aliphatic heterocycles. The Hall–Kier alpha value is -2.08. The van der Waals surface area contributed by atoms with E-state index in [0.717, 1.165) is 16.5 Å². The molecule has 0 N–H and O–H groups in total. The number of aromatic nitrogens is 2. The van der Waals surface area contributed by atoms with Crippen LogP contribution in [0.5, 0.6) is 0 Å². The molecular weight excluding hydrogens is 300 g/mol. The molecule has 0 bridgehead atoms. The number of sulfone groups is 1. The van der Waals surface area contributed by atoms with Gasteiger partial charge in [0.15, 0.2) is 11.6 Å². The lowest BCUT2D eigenvalue weighted by Gasteiger charge is -2.05. The summed E-state index contributed by atoms with van der Waals surface area (Å²) in [6, 6.07) is 6.04. The fraction of sp³-hybridized carbons (Fsp3) is 0.312. The van der Waals surface area contributed by atoms with Crippen LogP contribution in [0.3, 0.4) is 0 Å². The van der Waals surface area contributed by atoms with Crippen molar-refractivity contribution in [2.75, 3.05) is 12.0 Å². The second-order valence-corrected chi connectivity index (χ2v) is 7.89. The van der Waals surface area contributed by atoms with E-state index in [2.05, 4.69) is 11.1 Å². The number of benzene rings is 1. The maximum Gasteiger partial charge on any atom is 0.176 e. The minimum atomic E-state index is -3.02. The van der Waals surface area contributed by atoms with Crippen LogP contribution in [0.1, 0.15) is 11.1 Å². The summed E-state index contributed by atoms with van der Waals surface area (Å²) in [5.41, 5.74) is 3.00. The summed E-state index contributed by atoms with van der Waals surface area (Å²) in [6.07, 6.45) is 4.67. The largest absolute Gasteiger partial charge is 0.453 e. The average molecular weight is 318 g/mol. The molecular formula is C16H18N2O3S. The summed E-state index contributed by atoms with van der Waals surface area (Å²) >= 11 is 0. The van der Waals surface area contributed by atoms with Crippen LogP contribution < -0.4 is 0 Å². The minimum absolute atomic E-state index is 0.0781. The van der Waals surface area contributed by atoms with Gasteiger partial charge in [-0.15, -0.1) is 0 Å². The molecule has 0 saturated heterocycles. The van der Waals surface area contributed by atoms with Crippen molar-refractivity contribution in [2.45, 2.75) is 20.4 Å². The molecule has 2 aromatic heterocycles. The van der Waals surface area contributed by atoms with Crippen molar-refractivity contribution in [3.05, 3.63) is 41.7 Å². The lowest BCUT2D eigenvalue weighted by Crippen LogP contribution is -2.11. The predicted octanol–water partition coefficient (Wildman–Crippen LogP) is 2.96. The highest BCUT2D eigenvalue weighted by atomic mass is 32.2. The molecule has 6 heteroatoms. The average Bonchev–Trinajstić information content (AvgIpc) is 3.01. The number of hydrogen-bond acceptors (Lipinski definition) is 4. The second kappa shape index (κ2) is 5.28. The molecule has 0 fully saturated rings. The van der Waals surface area contributed by atoms with Gasteiger partial charge in [0.25, 0.3) is 0 Å². The van der Waals surface area contributed by atoms with Crippen molar-refractivity contribution >= 4 is 20.8 Å². The summed E-state index contributed by atoms with van der Waals surface area (Å²) < 4.78 is 30.5. The molecule has 0 aliphatic carbocycles. The van der Waals surface area contributed by atoms with Crippen LogP contribution in [0, 0.1) is 13.8 Å². The monoisotopic (exact) mass is 318 g/mol. The van der Waals surface area contributed by atoms with Crippen LogP contribution in [0.4, 0.5) is 0 Å². The third-order valence-electron chi connectivity index (χ3n) is 3.71. The van der Waals surface area contributed by atoms with Gasteiger partial charge in [0.05, 0.1) is 5.75 Å². The van der Waals surface area contributed by atoms with E-state index in [1.807, 2.05) is 30.5 Å². The van der Waals surface area contributed by atoms with Crippen molar-refractivity contribution in [1.82, 2.24) is 9.55 Å². The van der Waals surface area contributed by atoms with Crippen LogP contribution in [0.15, 0.2) is 35.0 Å². The Kier molecular flexibility index (Phi) is 3.56. The molecule has 116 valence electrons. The van der Waals surface area contributed by atoms with Crippen molar-refractivity contribution in [1.29, 1.82) is 0 Å². The molecule has 0 unspecified atom stereocenters. The molecule has 3 rings (SSSR count). The summed E-state index contributed by atoms with van der Waals surface area (Å²) in [7, 11) is -3.02. The Balaban J connectivity index is 2.05. The van der Waals surface area contributed by atoms with E-state index in [9.17, 15) is 8.42 Å². The Morgan fingerprint density at radius 3 is 2.77 bits per heavy atom. The minimum Gasteiger partial charge on any atom is -0.453 e. The van der Waals surface area contributed by atoms with Gasteiger partial charge in [0.1, 0.15) is 15.4 Å². The summed E-state index contributed by atoms with van der Waals surface area (Å²) in [5.74, 6) is 1.43. The highest BCUT2D eigenvalue weighted by Gasteiger charge is 2.17. The zero-order valence-electron chi connectivity index (χ0n) is 12.8. The number of rotatable bonds is 4. The first-order valence-corrected chi connectivity index (χ1v) is 9.10. The third-order valence-corrected chi connectivity index (χ3v) is 4.64. The van der Waals surface area contributed by atoms with Crippen LogP contribution in [0.2, 0.25) is 0 Å². The molecule has 1 aromatic carbocycles. The summed E-state index contributed by atoms with van der Waals surface area (Å²) in [5, 5.41) is 1.06. The Morgan fingerprint density at radius 1 is 1.27 bits per heavy atom. The zero-order chi connectivity index (χ0) is 15.9. The molecule has 0 amide bonds. The molecule has 0 saturated carbocycles. The van der Waals surface area contributed by atoms with Crippen molar-refractivity contribution in [2.24, 2.45) is 0 Å². The maximum atomic E-state index is 11.4. The van der Waals surface area contributed by atoms with Gasteiger partial charge in [-0.25, -0.2) is 13.4 Å². The number of nitrogens with zero attached hydrogens (tertiary/aromatic N) is 2. The smallest absolute Gasteiger partial charge is 0.176 e. The SMILES string of the molecule is Cc1ccc2oc(-c3nccn3CCS(C)(=O)=O)c(C)c2c1. The molecule has 2 heterocycles. The third kappa shape index (κ3) is 2.78. The van der Waals surface area contributed by atoms with E-state index in [1.54, 1.807) is 12.4 Å². The quantitative estimate of drug-likeness (QED) is 0.742. The Labute approximate surface area is 129 Å². The van der Waals surface area contributed by atoms with Crippen molar-refractivity contribution in [3.8, 4) is 11.6 Å². The molecule has 3 aromatic rings. The molecule has 0 atom stereocenters. The van der Waals surface area contributed by atoms with Gasteiger partial charge in [0.2, 0.25) is 0 Å². The topological polar surface area (TPSA) is 65.1 Å². The van der Waals surface area contributed by atoms with E-state index in [0.29, 0.717) is 18.1 Å². The van der Waals surface area contributed by atoms with Crippen LogP contribution in [-0.4, -0.2) is 30.0 Å². The Bertz CT molecular complexity index is 936. The predicted molar refractivity (Wildman–Crippen MR) is 86.6 cm³/mol. The standard InChI is InChI=1S/C16H18N2O3S/c1-11-4-5-14-13(10-11)12(2)15(21-14)16-17-6-7-18(16)8-9-22(3,19)20/h4-7,10H,8-9H2,1-3H3. The summed E-state index contributed by atoms with van der Waals surface area (Å²) in [4.78, 5) is 4.34. The van der Waals surface area contributed by atoms with E-state index < -0.39 is 9.84 Å². The summed E-state index contributed by atoms with van der Waals surface area (Å²) in [6.45, 7) is 4.40. The number of aryl methyl sites for hydroxylation is 3. The van der Waals surface area contributed by atoms with Crippen molar-refractivity contribution in [3.63, 3.8) is 0 Å². The second-order valence-electron chi connectivity index (χ2n) is 5.63. The zero-order valence-corrected chi connectivity index (χ0v) is 13.6. The fourth-order valence-corrected chi connectivity index (χ4v) is 3.04. The van der Waals surface area contributed by atoms with E-state index in [4.69, 9.17) is 4.42 Å². The molecule has 0 radical (unpaired) electrons. The van der Waals surface area contributed by atoms with Crippen LogP contribution in [0.25, 0.3) is 22.6 Å². The van der Waals surface area contributed by atoms with Crippen LogP contribution in [-0.2, 0) is 16.4 Å². The lowest BCUT2D eigenvalue weighted by molar-refractivity contribution is 0.590. The van der Waals surface area contributed by atoms with Gasteiger partial charge < -0.3 is 8.98 Å². The lowest BCUT2D eigenvalue weighted by atomic mass is 10.1. The fourth-order valence-electron chi connectivity index (χ4n) is 2.51. The first-order valence-electron chi connectivity index (χ1n) is 7.04. The molecule has 5 nitrogen and oxygen atoms in total. The normalized spacial score (nSPS) is 12.1. The molecule has 0 aliphatic rings. The van der Waals surface area contributed by atoms with E-state index >= 15 is 0 Å². The van der Waals surface area contributed by atoms with Crippen molar-refractivity contribution < 1.29 is 12.8 Å². The van der Waals surface area contributed by atoms with E-state index in [-0.39, 0.29) is 5.75 Å². The number of furan rings is 1. The Morgan fingerprint density at radius 2 is 2.05 bits per heavy atom. The van der Waals surface area contributed by atoms with Gasteiger partial charge in [0, 0.05) is 36.1 Å². The van der Waals surface area contributed by atoms with Gasteiger partial charge >= 0.3 is 0 Å². The van der Waals surface area contributed by atoms with Gasteiger partial charge in [-0.2, -0.15) is 0 Å².